The van der Waals surface area contributed by atoms with E-state index in [-0.39, 0.29) is 3.79 Å². The maximum Gasteiger partial charge on any atom is 0.196 e. The van der Waals surface area contributed by atoms with Crippen molar-refractivity contribution in [3.63, 3.8) is 0 Å². The summed E-state index contributed by atoms with van der Waals surface area (Å²) < 4.78 is 0.175. The average Bonchev–Trinajstić information content (AvgIpc) is 2.90. The number of halogens is 1. The molecule has 0 aliphatic heterocycles. The van der Waals surface area contributed by atoms with Gasteiger partial charge in [-0.25, -0.2) is 0 Å². The van der Waals surface area contributed by atoms with E-state index in [0.717, 1.165) is 0 Å². The molecule has 0 aromatic carbocycles. The lowest BCUT2D eigenvalue weighted by molar-refractivity contribution is -0.108. The quantitative estimate of drug-likeness (QED) is 0.519. The molecule has 0 aliphatic rings. The van der Waals surface area contributed by atoms with Crippen molar-refractivity contribution in [3.05, 3.63) is 49.9 Å². The van der Waals surface area contributed by atoms with E-state index in [9.17, 15) is 4.79 Å². The van der Waals surface area contributed by atoms with Crippen LogP contribution >= 0.6 is 45.3 Å². The van der Waals surface area contributed by atoms with Gasteiger partial charge in [-0.15, -0.1) is 22.7 Å². The summed E-state index contributed by atoms with van der Waals surface area (Å²) in [7, 11) is 0. The van der Waals surface area contributed by atoms with Crippen molar-refractivity contribution in [1.29, 1.82) is 0 Å². The molecule has 0 radical (unpaired) electrons. The predicted molar refractivity (Wildman–Crippen MR) is 88.8 cm³/mol. The number of hydrogen-bond donors (Lipinski definition) is 0. The van der Waals surface area contributed by atoms with Crippen LogP contribution in [0, 0.1) is 13.8 Å². The highest BCUT2D eigenvalue weighted by molar-refractivity contribution is 14.1. The van der Waals surface area contributed by atoms with Gasteiger partial charge in [0.15, 0.2) is 3.79 Å². The fraction of sp³-hybridized carbons (Fsp3) is 0.214. The minimum atomic E-state index is 0.175. The molecule has 0 amide bonds. The van der Waals surface area contributed by atoms with Gasteiger partial charge in [-0.05, 0) is 70.5 Å². The van der Waals surface area contributed by atoms with E-state index in [2.05, 4.69) is 42.8 Å². The molecule has 0 atom stereocenters. The lowest BCUT2D eigenvalue weighted by atomic mass is 10.1. The number of hydrogen-bond acceptors (Lipinski definition) is 3. The third-order valence-corrected chi connectivity index (χ3v) is 5.22. The summed E-state index contributed by atoms with van der Waals surface area (Å²) in [5, 5.41) is 4.21. The first-order valence-electron chi connectivity index (χ1n) is 5.57. The van der Waals surface area contributed by atoms with Gasteiger partial charge in [0.2, 0.25) is 0 Å². The van der Waals surface area contributed by atoms with Crippen molar-refractivity contribution in [1.82, 2.24) is 0 Å². The molecule has 4 heteroatoms. The van der Waals surface area contributed by atoms with Crippen molar-refractivity contribution in [2.24, 2.45) is 0 Å². The van der Waals surface area contributed by atoms with Crippen LogP contribution in [0.1, 0.15) is 27.3 Å². The molecule has 0 unspecified atom stereocenters. The maximum atomic E-state index is 11.2. The van der Waals surface area contributed by atoms with Gasteiger partial charge in [0.25, 0.3) is 0 Å². The van der Waals surface area contributed by atoms with Gasteiger partial charge >= 0.3 is 0 Å². The van der Waals surface area contributed by atoms with Crippen LogP contribution in [-0.2, 0) is 4.79 Å². The van der Waals surface area contributed by atoms with Crippen LogP contribution in [0.3, 0.4) is 0 Å². The number of thiophene rings is 2. The molecule has 1 nitrogen and oxygen atoms in total. The molecule has 18 heavy (non-hydrogen) atoms. The largest absolute Gasteiger partial charge is 0.287 e. The zero-order valence-corrected chi connectivity index (χ0v) is 14.0. The SMILES string of the molecule is Cc1ccsc1C(=CCC(=O)I)c1sccc1C. The van der Waals surface area contributed by atoms with E-state index >= 15 is 0 Å². The molecule has 2 aromatic heterocycles. The van der Waals surface area contributed by atoms with Crippen LogP contribution in [0.2, 0.25) is 0 Å². The summed E-state index contributed by atoms with van der Waals surface area (Å²) in [6, 6.07) is 4.26. The molecular weight excluding hydrogens is 375 g/mol. The second-order valence-corrected chi connectivity index (χ2v) is 7.08. The molecule has 0 N–H and O–H groups in total. The Balaban J connectivity index is 2.48. The predicted octanol–water partition coefficient (Wildman–Crippen LogP) is 5.21. The van der Waals surface area contributed by atoms with Crippen molar-refractivity contribution in [3.8, 4) is 0 Å². The Morgan fingerprint density at radius 2 is 1.67 bits per heavy atom. The van der Waals surface area contributed by atoms with Crippen LogP contribution in [0.25, 0.3) is 5.57 Å². The number of carbonyl (C=O) groups excluding carboxylic acids is 1. The Morgan fingerprint density at radius 3 is 2.00 bits per heavy atom. The molecule has 0 aliphatic carbocycles. The first-order valence-corrected chi connectivity index (χ1v) is 8.41. The summed E-state index contributed by atoms with van der Waals surface area (Å²) in [4.78, 5) is 13.8. The second-order valence-electron chi connectivity index (χ2n) is 4.04. The van der Waals surface area contributed by atoms with Crippen molar-refractivity contribution in [2.45, 2.75) is 20.3 Å². The molecule has 94 valence electrons. The lowest BCUT2D eigenvalue weighted by Gasteiger charge is -2.06. The fourth-order valence-electron chi connectivity index (χ4n) is 1.77. The molecule has 0 saturated heterocycles. The summed E-state index contributed by atoms with van der Waals surface area (Å²) in [5.41, 5.74) is 3.76. The number of aryl methyl sites for hydroxylation is 2. The van der Waals surface area contributed by atoms with Crippen LogP contribution in [-0.4, -0.2) is 3.79 Å². The van der Waals surface area contributed by atoms with Crippen LogP contribution in [0.4, 0.5) is 0 Å². The van der Waals surface area contributed by atoms with Gasteiger partial charge in [0.1, 0.15) is 0 Å². The second kappa shape index (κ2) is 6.12. The highest BCUT2D eigenvalue weighted by atomic mass is 127. The molecule has 0 fully saturated rings. The fourth-order valence-corrected chi connectivity index (χ4v) is 4.00. The normalized spacial score (nSPS) is 10.4. The third-order valence-electron chi connectivity index (χ3n) is 2.68. The summed E-state index contributed by atoms with van der Waals surface area (Å²) in [6.45, 7) is 4.24. The maximum absolute atomic E-state index is 11.2. The van der Waals surface area contributed by atoms with Gasteiger partial charge in [-0.3, -0.25) is 4.79 Å². The van der Waals surface area contributed by atoms with Gasteiger partial charge in [0.05, 0.1) is 0 Å². The van der Waals surface area contributed by atoms with E-state index in [1.54, 1.807) is 22.7 Å². The van der Waals surface area contributed by atoms with Crippen LogP contribution in [0.15, 0.2) is 29.0 Å². The highest BCUT2D eigenvalue weighted by Crippen LogP contribution is 2.35. The topological polar surface area (TPSA) is 17.1 Å². The minimum absolute atomic E-state index is 0.175. The number of allylic oxidation sites excluding steroid dienone is 1. The summed E-state index contributed by atoms with van der Waals surface area (Å²) in [5.74, 6) is 0. The average molecular weight is 388 g/mol. The number of carbonyl (C=O) groups is 1. The Morgan fingerprint density at radius 1 is 1.17 bits per heavy atom. The molecule has 0 bridgehead atoms. The van der Waals surface area contributed by atoms with Crippen molar-refractivity contribution in [2.75, 3.05) is 0 Å². The first kappa shape index (κ1) is 14.0. The molecule has 2 rings (SSSR count). The molecule has 2 heterocycles. The van der Waals surface area contributed by atoms with Gasteiger partial charge in [-0.2, -0.15) is 0 Å². The number of rotatable bonds is 4. The lowest BCUT2D eigenvalue weighted by Crippen LogP contribution is -1.89. The van der Waals surface area contributed by atoms with E-state index in [4.69, 9.17) is 0 Å². The molecular formula is C14H13IOS2. The highest BCUT2D eigenvalue weighted by Gasteiger charge is 2.13. The van der Waals surface area contributed by atoms with Gasteiger partial charge in [-0.1, -0.05) is 6.08 Å². The summed E-state index contributed by atoms with van der Waals surface area (Å²) >= 11 is 5.33. The summed E-state index contributed by atoms with van der Waals surface area (Å²) in [6.07, 6.45) is 2.55. The first-order chi connectivity index (χ1) is 8.59. The standard InChI is InChI=1S/C14H13IOS2/c1-9-5-7-17-13(9)11(3-4-12(15)16)14-10(2)6-8-18-14/h3,5-8H,4H2,1-2H3. The minimum Gasteiger partial charge on any atom is -0.287 e. The zero-order chi connectivity index (χ0) is 13.1. The molecule has 2 aromatic rings. The van der Waals surface area contributed by atoms with Gasteiger partial charge in [0, 0.05) is 21.7 Å². The Bertz CT molecular complexity index is 550. The molecule has 0 spiro atoms. The Kier molecular flexibility index (Phi) is 4.75. The Hall–Kier alpha value is -0.460. The van der Waals surface area contributed by atoms with E-state index in [0.29, 0.717) is 6.42 Å². The zero-order valence-electron chi connectivity index (χ0n) is 10.2. The monoisotopic (exact) mass is 388 g/mol. The van der Waals surface area contributed by atoms with Crippen molar-refractivity contribution < 1.29 is 4.79 Å². The van der Waals surface area contributed by atoms with Crippen LogP contribution in [0.5, 0.6) is 0 Å². The van der Waals surface area contributed by atoms with E-state index in [1.165, 1.54) is 26.5 Å². The molecule has 0 saturated carbocycles. The van der Waals surface area contributed by atoms with Crippen LogP contribution < -0.4 is 0 Å². The third kappa shape index (κ3) is 3.10. The van der Waals surface area contributed by atoms with Gasteiger partial charge < -0.3 is 0 Å². The van der Waals surface area contributed by atoms with Crippen molar-refractivity contribution >= 4 is 54.6 Å². The Labute approximate surface area is 129 Å². The van der Waals surface area contributed by atoms with E-state index < -0.39 is 0 Å². The smallest absolute Gasteiger partial charge is 0.196 e. The van der Waals surface area contributed by atoms with E-state index in [1.807, 2.05) is 22.6 Å².